The standard InChI is InChI=1S/C18H29N/c1-4-6-10-18(5-2)11-12-19-14-17(18)16-9-7-8-15(3)13-16/h7-9,13,17,19H,4-6,10-12,14H2,1-3H3. The Hall–Kier alpha value is -0.820. The van der Waals surface area contributed by atoms with Crippen molar-refractivity contribution in [2.24, 2.45) is 5.41 Å². The van der Waals surface area contributed by atoms with Crippen molar-refractivity contribution in [3.05, 3.63) is 35.4 Å². The highest BCUT2D eigenvalue weighted by Gasteiger charge is 2.39. The Labute approximate surface area is 118 Å². The van der Waals surface area contributed by atoms with Crippen LogP contribution in [0.3, 0.4) is 0 Å². The van der Waals surface area contributed by atoms with Gasteiger partial charge in [0.2, 0.25) is 0 Å². The van der Waals surface area contributed by atoms with Gasteiger partial charge in [-0.1, -0.05) is 56.5 Å². The van der Waals surface area contributed by atoms with E-state index in [0.717, 1.165) is 6.54 Å². The van der Waals surface area contributed by atoms with Crippen molar-refractivity contribution < 1.29 is 0 Å². The molecule has 1 aromatic rings. The van der Waals surface area contributed by atoms with Crippen LogP contribution in [0.1, 0.15) is 63.0 Å². The molecule has 0 saturated carbocycles. The lowest BCUT2D eigenvalue weighted by Gasteiger charge is -2.45. The molecule has 1 aliphatic rings. The van der Waals surface area contributed by atoms with Gasteiger partial charge < -0.3 is 5.32 Å². The highest BCUT2D eigenvalue weighted by atomic mass is 14.9. The Bertz CT molecular complexity index is 398. The monoisotopic (exact) mass is 259 g/mol. The second kappa shape index (κ2) is 6.56. The number of hydrogen-bond acceptors (Lipinski definition) is 1. The van der Waals surface area contributed by atoms with Crippen molar-refractivity contribution in [3.63, 3.8) is 0 Å². The van der Waals surface area contributed by atoms with Crippen LogP contribution in [-0.2, 0) is 0 Å². The highest BCUT2D eigenvalue weighted by molar-refractivity contribution is 5.28. The van der Waals surface area contributed by atoms with Crippen molar-refractivity contribution in [2.75, 3.05) is 13.1 Å². The lowest BCUT2D eigenvalue weighted by atomic mass is 9.63. The van der Waals surface area contributed by atoms with Gasteiger partial charge in [-0.25, -0.2) is 0 Å². The number of nitrogens with one attached hydrogen (secondary N) is 1. The molecule has 106 valence electrons. The van der Waals surface area contributed by atoms with Crippen LogP contribution in [-0.4, -0.2) is 13.1 Å². The number of aryl methyl sites for hydroxylation is 1. The van der Waals surface area contributed by atoms with Gasteiger partial charge in [0, 0.05) is 12.5 Å². The molecule has 1 N–H and O–H groups in total. The molecular weight excluding hydrogens is 230 g/mol. The van der Waals surface area contributed by atoms with Gasteiger partial charge >= 0.3 is 0 Å². The molecule has 0 amide bonds. The zero-order chi connectivity index (χ0) is 13.7. The van der Waals surface area contributed by atoms with Gasteiger partial charge in [0.25, 0.3) is 0 Å². The van der Waals surface area contributed by atoms with Crippen LogP contribution in [0.25, 0.3) is 0 Å². The van der Waals surface area contributed by atoms with E-state index in [1.807, 2.05) is 0 Å². The topological polar surface area (TPSA) is 12.0 Å². The van der Waals surface area contributed by atoms with Gasteiger partial charge in [0.05, 0.1) is 0 Å². The van der Waals surface area contributed by atoms with Crippen molar-refractivity contribution in [2.45, 2.75) is 58.8 Å². The third-order valence-corrected chi connectivity index (χ3v) is 5.06. The molecule has 1 aromatic carbocycles. The quantitative estimate of drug-likeness (QED) is 0.811. The summed E-state index contributed by atoms with van der Waals surface area (Å²) in [6.45, 7) is 9.26. The first-order chi connectivity index (χ1) is 9.22. The molecule has 0 spiro atoms. The maximum atomic E-state index is 3.62. The van der Waals surface area contributed by atoms with Crippen LogP contribution < -0.4 is 5.32 Å². The molecule has 1 saturated heterocycles. The zero-order valence-electron chi connectivity index (χ0n) is 12.8. The third kappa shape index (κ3) is 3.20. The Morgan fingerprint density at radius 2 is 2.16 bits per heavy atom. The van der Waals surface area contributed by atoms with Crippen LogP contribution in [0.5, 0.6) is 0 Å². The minimum Gasteiger partial charge on any atom is -0.316 e. The summed E-state index contributed by atoms with van der Waals surface area (Å²) >= 11 is 0. The fourth-order valence-electron chi connectivity index (χ4n) is 3.76. The fraction of sp³-hybridized carbons (Fsp3) is 0.667. The first kappa shape index (κ1) is 14.6. The molecule has 0 aliphatic carbocycles. The van der Waals surface area contributed by atoms with E-state index in [-0.39, 0.29) is 0 Å². The molecular formula is C18H29N. The molecule has 0 bridgehead atoms. The van der Waals surface area contributed by atoms with Gasteiger partial charge in [0.1, 0.15) is 0 Å². The summed E-state index contributed by atoms with van der Waals surface area (Å²) < 4.78 is 0. The maximum Gasteiger partial charge on any atom is 0.00255 e. The second-order valence-electron chi connectivity index (χ2n) is 6.24. The van der Waals surface area contributed by atoms with Gasteiger partial charge in [-0.3, -0.25) is 0 Å². The summed E-state index contributed by atoms with van der Waals surface area (Å²) in [5.74, 6) is 0.692. The summed E-state index contributed by atoms with van der Waals surface area (Å²) in [6.07, 6.45) is 6.72. The number of hydrogen-bond donors (Lipinski definition) is 1. The molecule has 1 fully saturated rings. The Morgan fingerprint density at radius 1 is 1.32 bits per heavy atom. The van der Waals surface area contributed by atoms with E-state index in [1.165, 1.54) is 44.2 Å². The predicted octanol–water partition coefficient (Wildman–Crippen LogP) is 4.66. The average Bonchev–Trinajstić information content (AvgIpc) is 2.45. The van der Waals surface area contributed by atoms with E-state index in [9.17, 15) is 0 Å². The molecule has 2 unspecified atom stereocenters. The van der Waals surface area contributed by atoms with Gasteiger partial charge in [-0.05, 0) is 43.7 Å². The number of unbranched alkanes of at least 4 members (excludes halogenated alkanes) is 1. The predicted molar refractivity (Wildman–Crippen MR) is 83.7 cm³/mol. The SMILES string of the molecule is CCCCC1(CC)CCNCC1c1cccc(C)c1. The average molecular weight is 259 g/mol. The van der Waals surface area contributed by atoms with E-state index >= 15 is 0 Å². The summed E-state index contributed by atoms with van der Waals surface area (Å²) in [4.78, 5) is 0. The zero-order valence-corrected chi connectivity index (χ0v) is 12.8. The largest absolute Gasteiger partial charge is 0.316 e. The van der Waals surface area contributed by atoms with Crippen LogP contribution in [0.4, 0.5) is 0 Å². The van der Waals surface area contributed by atoms with E-state index in [4.69, 9.17) is 0 Å². The molecule has 1 nitrogen and oxygen atoms in total. The minimum absolute atomic E-state index is 0.523. The fourth-order valence-corrected chi connectivity index (χ4v) is 3.76. The number of rotatable bonds is 5. The molecule has 0 radical (unpaired) electrons. The molecule has 1 heterocycles. The molecule has 2 atom stereocenters. The normalized spacial score (nSPS) is 27.4. The highest BCUT2D eigenvalue weighted by Crippen LogP contribution is 2.47. The molecule has 1 aliphatic heterocycles. The summed E-state index contributed by atoms with van der Waals surface area (Å²) in [5, 5.41) is 3.62. The smallest absolute Gasteiger partial charge is 0.00255 e. The number of benzene rings is 1. The lowest BCUT2D eigenvalue weighted by Crippen LogP contribution is -2.43. The molecule has 1 heteroatoms. The number of piperidine rings is 1. The Balaban J connectivity index is 2.27. The van der Waals surface area contributed by atoms with Crippen LogP contribution in [0.2, 0.25) is 0 Å². The van der Waals surface area contributed by atoms with Crippen molar-refractivity contribution in [1.82, 2.24) is 5.32 Å². The van der Waals surface area contributed by atoms with E-state index in [2.05, 4.69) is 50.4 Å². The molecule has 2 rings (SSSR count). The van der Waals surface area contributed by atoms with Gasteiger partial charge in [0.15, 0.2) is 0 Å². The Morgan fingerprint density at radius 3 is 2.84 bits per heavy atom. The summed E-state index contributed by atoms with van der Waals surface area (Å²) in [5.41, 5.74) is 3.46. The van der Waals surface area contributed by atoms with E-state index in [0.29, 0.717) is 11.3 Å². The minimum atomic E-state index is 0.523. The van der Waals surface area contributed by atoms with Gasteiger partial charge in [-0.15, -0.1) is 0 Å². The molecule has 0 aromatic heterocycles. The van der Waals surface area contributed by atoms with Crippen LogP contribution in [0.15, 0.2) is 24.3 Å². The van der Waals surface area contributed by atoms with E-state index in [1.54, 1.807) is 5.56 Å². The van der Waals surface area contributed by atoms with Gasteiger partial charge in [-0.2, -0.15) is 0 Å². The second-order valence-corrected chi connectivity index (χ2v) is 6.24. The summed E-state index contributed by atoms with van der Waals surface area (Å²) in [6, 6.07) is 9.16. The van der Waals surface area contributed by atoms with Crippen LogP contribution in [0, 0.1) is 12.3 Å². The molecule has 19 heavy (non-hydrogen) atoms. The van der Waals surface area contributed by atoms with Crippen molar-refractivity contribution in [1.29, 1.82) is 0 Å². The summed E-state index contributed by atoms with van der Waals surface area (Å²) in [7, 11) is 0. The third-order valence-electron chi connectivity index (χ3n) is 5.06. The van der Waals surface area contributed by atoms with Crippen molar-refractivity contribution >= 4 is 0 Å². The van der Waals surface area contributed by atoms with Crippen molar-refractivity contribution in [3.8, 4) is 0 Å². The van der Waals surface area contributed by atoms with E-state index < -0.39 is 0 Å². The first-order valence-electron chi connectivity index (χ1n) is 7.99. The first-order valence-corrected chi connectivity index (χ1v) is 7.99. The Kier molecular flexibility index (Phi) is 5.04. The lowest BCUT2D eigenvalue weighted by molar-refractivity contribution is 0.136. The maximum absolute atomic E-state index is 3.62. The van der Waals surface area contributed by atoms with Crippen LogP contribution >= 0.6 is 0 Å².